The molecule has 7 heteroatoms. The zero-order chi connectivity index (χ0) is 20.3. The third-order valence-corrected chi connectivity index (χ3v) is 4.60. The van der Waals surface area contributed by atoms with Crippen LogP contribution in [0.5, 0.6) is 11.5 Å². The van der Waals surface area contributed by atoms with E-state index in [1.807, 2.05) is 47.9 Å². The van der Waals surface area contributed by atoms with E-state index in [1.165, 1.54) is 0 Å². The number of hydrogen-bond acceptors (Lipinski definition) is 6. The second-order valence-corrected chi connectivity index (χ2v) is 6.42. The molecule has 7 nitrogen and oxygen atoms in total. The first-order valence-electron chi connectivity index (χ1n) is 9.11. The summed E-state index contributed by atoms with van der Waals surface area (Å²) in [6, 6.07) is 8.78. The summed E-state index contributed by atoms with van der Waals surface area (Å²) >= 11 is 0. The van der Waals surface area contributed by atoms with Crippen molar-refractivity contribution in [3.63, 3.8) is 0 Å². The predicted octanol–water partition coefficient (Wildman–Crippen LogP) is 2.76. The Labute approximate surface area is 164 Å². The predicted molar refractivity (Wildman–Crippen MR) is 107 cm³/mol. The topological polar surface area (TPSA) is 88.1 Å². The van der Waals surface area contributed by atoms with Crippen molar-refractivity contribution >= 4 is 11.6 Å². The first kappa shape index (κ1) is 19.7. The SMILES string of the molecule is CCOC(=O)C(N)Cc1c(-c2ccc(OC)c(OC)c2)nc2c(C)cccn12. The molecule has 0 fully saturated rings. The molecule has 1 unspecified atom stereocenters. The lowest BCUT2D eigenvalue weighted by molar-refractivity contribution is -0.144. The second kappa shape index (κ2) is 8.31. The zero-order valence-corrected chi connectivity index (χ0v) is 16.6. The van der Waals surface area contributed by atoms with Gasteiger partial charge in [-0.1, -0.05) is 6.07 Å². The molecule has 0 bridgehead atoms. The molecule has 2 N–H and O–H groups in total. The van der Waals surface area contributed by atoms with Gasteiger partial charge in [0.15, 0.2) is 11.5 Å². The van der Waals surface area contributed by atoms with Crippen molar-refractivity contribution in [3.05, 3.63) is 47.8 Å². The van der Waals surface area contributed by atoms with Gasteiger partial charge in [-0.05, 0) is 43.7 Å². The van der Waals surface area contributed by atoms with Gasteiger partial charge in [0.1, 0.15) is 11.7 Å². The van der Waals surface area contributed by atoms with Gasteiger partial charge >= 0.3 is 5.97 Å². The maximum Gasteiger partial charge on any atom is 0.323 e. The Morgan fingerprint density at radius 2 is 1.96 bits per heavy atom. The van der Waals surface area contributed by atoms with Crippen LogP contribution in [0.1, 0.15) is 18.2 Å². The number of fused-ring (bicyclic) bond motifs is 1. The summed E-state index contributed by atoms with van der Waals surface area (Å²) in [6.07, 6.45) is 2.22. The van der Waals surface area contributed by atoms with Gasteiger partial charge < -0.3 is 24.3 Å². The molecule has 3 rings (SSSR count). The van der Waals surface area contributed by atoms with E-state index in [0.29, 0.717) is 24.5 Å². The fraction of sp³-hybridized carbons (Fsp3) is 0.333. The maximum absolute atomic E-state index is 12.1. The summed E-state index contributed by atoms with van der Waals surface area (Å²) < 4.78 is 17.8. The van der Waals surface area contributed by atoms with E-state index < -0.39 is 12.0 Å². The highest BCUT2D eigenvalue weighted by atomic mass is 16.5. The molecule has 28 heavy (non-hydrogen) atoms. The minimum Gasteiger partial charge on any atom is -0.493 e. The molecule has 0 spiro atoms. The number of carbonyl (C=O) groups excluding carboxylic acids is 1. The van der Waals surface area contributed by atoms with E-state index in [0.717, 1.165) is 28.2 Å². The average Bonchev–Trinajstić information content (AvgIpc) is 3.07. The van der Waals surface area contributed by atoms with Gasteiger partial charge in [0, 0.05) is 18.2 Å². The largest absolute Gasteiger partial charge is 0.493 e. The third kappa shape index (κ3) is 3.66. The number of aryl methyl sites for hydroxylation is 1. The van der Waals surface area contributed by atoms with E-state index in [-0.39, 0.29) is 0 Å². The number of benzene rings is 1. The number of esters is 1. The first-order chi connectivity index (χ1) is 13.5. The smallest absolute Gasteiger partial charge is 0.323 e. The molecule has 0 aliphatic rings. The molecule has 0 aliphatic heterocycles. The summed E-state index contributed by atoms with van der Waals surface area (Å²) in [5, 5.41) is 0. The van der Waals surface area contributed by atoms with Crippen LogP contribution >= 0.6 is 0 Å². The van der Waals surface area contributed by atoms with E-state index in [2.05, 4.69) is 0 Å². The Morgan fingerprint density at radius 3 is 2.64 bits per heavy atom. The minimum atomic E-state index is -0.778. The molecular weight excluding hydrogens is 358 g/mol. The number of carbonyl (C=O) groups is 1. The number of ether oxygens (including phenoxy) is 3. The van der Waals surface area contributed by atoms with Crippen molar-refractivity contribution in [1.82, 2.24) is 9.38 Å². The van der Waals surface area contributed by atoms with E-state index in [4.69, 9.17) is 24.9 Å². The molecule has 2 heterocycles. The molecule has 148 valence electrons. The van der Waals surface area contributed by atoms with Crippen LogP contribution in [0.25, 0.3) is 16.9 Å². The van der Waals surface area contributed by atoms with Crippen molar-refractivity contribution in [2.75, 3.05) is 20.8 Å². The number of nitrogens with zero attached hydrogens (tertiary/aromatic N) is 2. The molecule has 2 aromatic heterocycles. The van der Waals surface area contributed by atoms with Crippen LogP contribution in [0, 0.1) is 6.92 Å². The first-order valence-corrected chi connectivity index (χ1v) is 9.11. The monoisotopic (exact) mass is 383 g/mol. The fourth-order valence-corrected chi connectivity index (χ4v) is 3.20. The van der Waals surface area contributed by atoms with Crippen LogP contribution in [-0.2, 0) is 16.0 Å². The van der Waals surface area contributed by atoms with Crippen LogP contribution in [0.2, 0.25) is 0 Å². The molecule has 1 atom stereocenters. The number of hydrogen-bond donors (Lipinski definition) is 1. The van der Waals surface area contributed by atoms with Crippen molar-refractivity contribution in [2.45, 2.75) is 26.3 Å². The molecule has 0 amide bonds. The Bertz CT molecular complexity index is 997. The van der Waals surface area contributed by atoms with Gasteiger partial charge in [0.25, 0.3) is 0 Å². The molecule has 1 aromatic carbocycles. The van der Waals surface area contributed by atoms with Crippen molar-refractivity contribution < 1.29 is 19.0 Å². The molecule has 0 radical (unpaired) electrons. The van der Waals surface area contributed by atoms with Gasteiger partial charge in [-0.3, -0.25) is 4.79 Å². The Balaban J connectivity index is 2.14. The number of imidazole rings is 1. The zero-order valence-electron chi connectivity index (χ0n) is 16.6. The van der Waals surface area contributed by atoms with Crippen LogP contribution in [0.4, 0.5) is 0 Å². The van der Waals surface area contributed by atoms with Crippen molar-refractivity contribution in [3.8, 4) is 22.8 Å². The second-order valence-electron chi connectivity index (χ2n) is 6.42. The van der Waals surface area contributed by atoms with Gasteiger partial charge in [0.05, 0.1) is 32.2 Å². The van der Waals surface area contributed by atoms with Crippen LogP contribution in [0.15, 0.2) is 36.5 Å². The summed E-state index contributed by atoms with van der Waals surface area (Å²) in [5.74, 6) is 0.814. The minimum absolute atomic E-state index is 0.293. The third-order valence-electron chi connectivity index (χ3n) is 4.60. The van der Waals surface area contributed by atoms with Gasteiger partial charge in [0.2, 0.25) is 0 Å². The Kier molecular flexibility index (Phi) is 5.84. The molecule has 0 saturated heterocycles. The number of methoxy groups -OCH3 is 2. The van der Waals surface area contributed by atoms with E-state index in [9.17, 15) is 4.79 Å². The quantitative estimate of drug-likeness (QED) is 0.631. The van der Waals surface area contributed by atoms with Crippen molar-refractivity contribution in [2.24, 2.45) is 5.73 Å². The summed E-state index contributed by atoms with van der Waals surface area (Å²) in [5.41, 5.74) is 10.4. The number of aromatic nitrogens is 2. The average molecular weight is 383 g/mol. The molecular formula is C21H25N3O4. The van der Waals surface area contributed by atoms with E-state index >= 15 is 0 Å². The van der Waals surface area contributed by atoms with Crippen LogP contribution in [-0.4, -0.2) is 42.2 Å². The van der Waals surface area contributed by atoms with Gasteiger partial charge in [-0.2, -0.15) is 0 Å². The highest BCUT2D eigenvalue weighted by Crippen LogP contribution is 2.34. The van der Waals surface area contributed by atoms with Crippen LogP contribution in [0.3, 0.4) is 0 Å². The standard InChI is InChI=1S/C21H25N3O4/c1-5-28-21(25)15(22)12-16-19(23-20-13(2)7-6-10-24(16)20)14-8-9-17(26-3)18(11-14)27-4/h6-11,15H,5,12,22H2,1-4H3. The molecule has 0 saturated carbocycles. The van der Waals surface area contributed by atoms with Crippen LogP contribution < -0.4 is 15.2 Å². The van der Waals surface area contributed by atoms with Gasteiger partial charge in [-0.15, -0.1) is 0 Å². The highest BCUT2D eigenvalue weighted by molar-refractivity contribution is 5.77. The maximum atomic E-state index is 12.1. The Hall–Kier alpha value is -3.06. The number of nitrogens with two attached hydrogens (primary N) is 1. The van der Waals surface area contributed by atoms with E-state index in [1.54, 1.807) is 21.1 Å². The fourth-order valence-electron chi connectivity index (χ4n) is 3.20. The number of pyridine rings is 1. The lowest BCUT2D eigenvalue weighted by atomic mass is 10.0. The normalized spacial score (nSPS) is 12.0. The summed E-state index contributed by atoms with van der Waals surface area (Å²) in [7, 11) is 3.18. The molecule has 0 aliphatic carbocycles. The van der Waals surface area contributed by atoms with Gasteiger partial charge in [-0.25, -0.2) is 4.98 Å². The summed E-state index contributed by atoms with van der Waals surface area (Å²) in [4.78, 5) is 16.9. The summed E-state index contributed by atoms with van der Waals surface area (Å²) in [6.45, 7) is 4.05. The number of rotatable bonds is 7. The van der Waals surface area contributed by atoms with Crippen molar-refractivity contribution in [1.29, 1.82) is 0 Å². The highest BCUT2D eigenvalue weighted by Gasteiger charge is 2.23. The lowest BCUT2D eigenvalue weighted by Gasteiger charge is -2.13. The Morgan fingerprint density at radius 1 is 1.21 bits per heavy atom. The molecule has 3 aromatic rings. The lowest BCUT2D eigenvalue weighted by Crippen LogP contribution is -2.34.